The lowest BCUT2D eigenvalue weighted by Crippen LogP contribution is -2.41. The van der Waals surface area contributed by atoms with Crippen molar-refractivity contribution < 1.29 is 18.5 Å². The number of hydrazine groups is 1. The average Bonchev–Trinajstić information content (AvgIpc) is 3.26. The number of aryl methyl sites for hydroxylation is 2. The maximum atomic E-state index is 12.6. The summed E-state index contributed by atoms with van der Waals surface area (Å²) >= 11 is 0. The summed E-state index contributed by atoms with van der Waals surface area (Å²) in [6, 6.07) is 8.41. The van der Waals surface area contributed by atoms with Gasteiger partial charge in [-0.1, -0.05) is 38.1 Å². The van der Waals surface area contributed by atoms with Crippen LogP contribution in [0.5, 0.6) is 0 Å². The molecule has 0 bridgehead atoms. The summed E-state index contributed by atoms with van der Waals surface area (Å²) in [5.41, 5.74) is 5.66. The highest BCUT2D eigenvalue weighted by atomic mass is 16.5. The molecule has 28 heavy (non-hydrogen) atoms. The standard InChI is InChI=1S/C20H22N4O4/c1-11-10-15(12(2)27-11)17(26)23-22-16(25)13-8-6-7-9-14(13)18-21-19(24-28-18)20(3,4)5/h6-10H,1-5H3,(H,22,25)(H,23,26). The third-order valence-electron chi connectivity index (χ3n) is 4.07. The predicted molar refractivity (Wildman–Crippen MR) is 102 cm³/mol. The number of aromatic nitrogens is 2. The Balaban J connectivity index is 1.79. The molecule has 146 valence electrons. The molecular formula is C20H22N4O4. The molecule has 8 nitrogen and oxygen atoms in total. The zero-order valence-corrected chi connectivity index (χ0v) is 16.4. The van der Waals surface area contributed by atoms with E-state index in [1.54, 1.807) is 44.2 Å². The van der Waals surface area contributed by atoms with E-state index < -0.39 is 11.8 Å². The van der Waals surface area contributed by atoms with Crippen molar-refractivity contribution in [2.24, 2.45) is 0 Å². The molecule has 0 saturated heterocycles. The summed E-state index contributed by atoms with van der Waals surface area (Å²) in [6.45, 7) is 9.33. The van der Waals surface area contributed by atoms with E-state index >= 15 is 0 Å². The van der Waals surface area contributed by atoms with E-state index in [0.717, 1.165) is 0 Å². The summed E-state index contributed by atoms with van der Waals surface area (Å²) in [5.74, 6) is 0.904. The van der Waals surface area contributed by atoms with Gasteiger partial charge in [-0.05, 0) is 32.0 Å². The van der Waals surface area contributed by atoms with Gasteiger partial charge >= 0.3 is 0 Å². The van der Waals surface area contributed by atoms with Crippen LogP contribution in [0.3, 0.4) is 0 Å². The van der Waals surface area contributed by atoms with Gasteiger partial charge < -0.3 is 8.94 Å². The molecule has 3 aromatic rings. The van der Waals surface area contributed by atoms with E-state index in [-0.39, 0.29) is 11.3 Å². The van der Waals surface area contributed by atoms with Crippen molar-refractivity contribution in [1.82, 2.24) is 21.0 Å². The monoisotopic (exact) mass is 382 g/mol. The third-order valence-corrected chi connectivity index (χ3v) is 4.07. The molecule has 0 unspecified atom stereocenters. The Bertz CT molecular complexity index is 1030. The van der Waals surface area contributed by atoms with Gasteiger partial charge in [0.25, 0.3) is 17.7 Å². The number of hydrogen-bond acceptors (Lipinski definition) is 6. The first-order chi connectivity index (χ1) is 13.2. The first-order valence-electron chi connectivity index (χ1n) is 8.78. The lowest BCUT2D eigenvalue weighted by molar-refractivity contribution is 0.0846. The van der Waals surface area contributed by atoms with Gasteiger partial charge in [0.2, 0.25) is 0 Å². The highest BCUT2D eigenvalue weighted by Crippen LogP contribution is 2.26. The highest BCUT2D eigenvalue weighted by Gasteiger charge is 2.24. The van der Waals surface area contributed by atoms with E-state index in [2.05, 4.69) is 21.0 Å². The lowest BCUT2D eigenvalue weighted by atomic mass is 9.96. The summed E-state index contributed by atoms with van der Waals surface area (Å²) in [4.78, 5) is 29.3. The van der Waals surface area contributed by atoms with Crippen molar-refractivity contribution in [2.75, 3.05) is 0 Å². The molecule has 0 aliphatic rings. The Morgan fingerprint density at radius 3 is 2.21 bits per heavy atom. The Morgan fingerprint density at radius 1 is 1.00 bits per heavy atom. The Morgan fingerprint density at radius 2 is 1.64 bits per heavy atom. The molecule has 2 heterocycles. The largest absolute Gasteiger partial charge is 0.466 e. The minimum atomic E-state index is -0.502. The summed E-state index contributed by atoms with van der Waals surface area (Å²) in [6.07, 6.45) is 0. The second-order valence-electron chi connectivity index (χ2n) is 7.45. The van der Waals surface area contributed by atoms with Gasteiger partial charge in [0.05, 0.1) is 16.7 Å². The fraction of sp³-hybridized carbons (Fsp3) is 0.300. The molecule has 8 heteroatoms. The average molecular weight is 382 g/mol. The fourth-order valence-corrected chi connectivity index (χ4v) is 2.61. The minimum absolute atomic E-state index is 0.239. The van der Waals surface area contributed by atoms with Crippen LogP contribution in [0.2, 0.25) is 0 Å². The van der Waals surface area contributed by atoms with Crippen LogP contribution in [0.25, 0.3) is 11.5 Å². The van der Waals surface area contributed by atoms with Gasteiger partial charge in [0.15, 0.2) is 5.82 Å². The number of furan rings is 1. The second kappa shape index (κ2) is 7.30. The van der Waals surface area contributed by atoms with Crippen LogP contribution >= 0.6 is 0 Å². The van der Waals surface area contributed by atoms with Crippen molar-refractivity contribution in [1.29, 1.82) is 0 Å². The maximum absolute atomic E-state index is 12.6. The molecule has 0 saturated carbocycles. The van der Waals surface area contributed by atoms with Crippen molar-refractivity contribution in [2.45, 2.75) is 40.0 Å². The number of nitrogens with one attached hydrogen (secondary N) is 2. The number of rotatable bonds is 3. The molecule has 2 N–H and O–H groups in total. The quantitative estimate of drug-likeness (QED) is 0.673. The molecule has 3 rings (SSSR count). The zero-order valence-electron chi connectivity index (χ0n) is 16.4. The van der Waals surface area contributed by atoms with Crippen LogP contribution in [0, 0.1) is 13.8 Å². The predicted octanol–water partition coefficient (Wildman–Crippen LogP) is 3.32. The van der Waals surface area contributed by atoms with Gasteiger partial charge in [0.1, 0.15) is 11.5 Å². The van der Waals surface area contributed by atoms with E-state index in [9.17, 15) is 9.59 Å². The molecule has 0 radical (unpaired) electrons. The van der Waals surface area contributed by atoms with Crippen LogP contribution in [0.1, 0.15) is 58.8 Å². The Labute approximate surface area is 162 Å². The van der Waals surface area contributed by atoms with Gasteiger partial charge in [-0.2, -0.15) is 4.98 Å². The first kappa shape index (κ1) is 19.3. The van der Waals surface area contributed by atoms with E-state index in [0.29, 0.717) is 34.0 Å². The Hall–Kier alpha value is -3.42. The van der Waals surface area contributed by atoms with E-state index in [1.807, 2.05) is 20.8 Å². The topological polar surface area (TPSA) is 110 Å². The van der Waals surface area contributed by atoms with E-state index in [1.165, 1.54) is 0 Å². The van der Waals surface area contributed by atoms with Crippen molar-refractivity contribution in [3.05, 3.63) is 58.8 Å². The molecule has 2 amide bonds. The van der Waals surface area contributed by atoms with Crippen LogP contribution in [0.15, 0.2) is 39.3 Å². The number of amides is 2. The molecule has 0 fully saturated rings. The van der Waals surface area contributed by atoms with Crippen molar-refractivity contribution in [3.8, 4) is 11.5 Å². The van der Waals surface area contributed by atoms with Crippen LogP contribution in [-0.2, 0) is 5.41 Å². The lowest BCUT2D eigenvalue weighted by Gasteiger charge is -2.11. The molecule has 2 aromatic heterocycles. The highest BCUT2D eigenvalue weighted by molar-refractivity contribution is 6.02. The first-order valence-corrected chi connectivity index (χ1v) is 8.78. The number of benzene rings is 1. The molecule has 0 aliphatic heterocycles. The zero-order chi connectivity index (χ0) is 20.5. The Kier molecular flexibility index (Phi) is 5.04. The van der Waals surface area contributed by atoms with Crippen molar-refractivity contribution in [3.63, 3.8) is 0 Å². The molecular weight excluding hydrogens is 360 g/mol. The fourth-order valence-electron chi connectivity index (χ4n) is 2.61. The van der Waals surface area contributed by atoms with Crippen LogP contribution < -0.4 is 10.9 Å². The van der Waals surface area contributed by atoms with Gasteiger partial charge in [-0.15, -0.1) is 0 Å². The number of carbonyl (C=O) groups excluding carboxylic acids is 2. The maximum Gasteiger partial charge on any atom is 0.273 e. The van der Waals surface area contributed by atoms with Gasteiger partial charge in [0, 0.05) is 5.41 Å². The number of nitrogens with zero attached hydrogens (tertiary/aromatic N) is 2. The van der Waals surface area contributed by atoms with Gasteiger partial charge in [-0.3, -0.25) is 20.4 Å². The smallest absolute Gasteiger partial charge is 0.273 e. The molecule has 1 aromatic carbocycles. The van der Waals surface area contributed by atoms with Crippen LogP contribution in [0.4, 0.5) is 0 Å². The third kappa shape index (κ3) is 3.95. The number of carbonyl (C=O) groups is 2. The van der Waals surface area contributed by atoms with E-state index in [4.69, 9.17) is 8.94 Å². The molecule has 0 aliphatic carbocycles. The summed E-state index contributed by atoms with van der Waals surface area (Å²) in [5, 5.41) is 3.99. The van der Waals surface area contributed by atoms with Crippen molar-refractivity contribution >= 4 is 11.8 Å². The SMILES string of the molecule is Cc1cc(C(=O)NNC(=O)c2ccccc2-c2nc(C(C)(C)C)no2)c(C)o1. The molecule has 0 spiro atoms. The second-order valence-corrected chi connectivity index (χ2v) is 7.45. The molecule has 0 atom stereocenters. The van der Waals surface area contributed by atoms with Crippen LogP contribution in [-0.4, -0.2) is 22.0 Å². The minimum Gasteiger partial charge on any atom is -0.466 e. The summed E-state index contributed by atoms with van der Waals surface area (Å²) in [7, 11) is 0. The number of hydrogen-bond donors (Lipinski definition) is 2. The summed E-state index contributed by atoms with van der Waals surface area (Å²) < 4.78 is 10.7. The van der Waals surface area contributed by atoms with Gasteiger partial charge in [-0.25, -0.2) is 0 Å². The normalized spacial score (nSPS) is 11.3.